The number of aromatic nitrogens is 2. The van der Waals surface area contributed by atoms with Gasteiger partial charge < -0.3 is 19.5 Å². The molecule has 2 aliphatic rings. The second-order valence-corrected chi connectivity index (χ2v) is 6.69. The summed E-state index contributed by atoms with van der Waals surface area (Å²) in [6.07, 6.45) is 5.53. The van der Waals surface area contributed by atoms with Crippen molar-refractivity contribution in [2.24, 2.45) is 7.05 Å². The van der Waals surface area contributed by atoms with E-state index in [9.17, 15) is 4.79 Å². The lowest BCUT2D eigenvalue weighted by Gasteiger charge is -2.36. The predicted molar refractivity (Wildman–Crippen MR) is 103 cm³/mol. The first kappa shape index (κ1) is 18.8. The van der Waals surface area contributed by atoms with Crippen LogP contribution in [0.15, 0.2) is 36.2 Å². The lowest BCUT2D eigenvalue weighted by molar-refractivity contribution is -0.130. The monoisotopic (exact) mass is 394 g/mol. The highest BCUT2D eigenvalue weighted by molar-refractivity contribution is 6.30. The number of rotatable bonds is 2. The van der Waals surface area contributed by atoms with Crippen LogP contribution in [0.1, 0.15) is 17.4 Å². The van der Waals surface area contributed by atoms with Crippen molar-refractivity contribution in [3.05, 3.63) is 52.6 Å². The number of nitrogens with one attached hydrogen (secondary N) is 1. The molecule has 3 heterocycles. The summed E-state index contributed by atoms with van der Waals surface area (Å²) in [4.78, 5) is 19.4. The van der Waals surface area contributed by atoms with Crippen molar-refractivity contribution in [2.75, 3.05) is 26.2 Å². The van der Waals surface area contributed by atoms with Crippen molar-refractivity contribution in [3.63, 3.8) is 0 Å². The van der Waals surface area contributed by atoms with Crippen LogP contribution in [-0.2, 0) is 11.8 Å². The molecule has 2 aromatic rings. The molecule has 0 aliphatic carbocycles. The van der Waals surface area contributed by atoms with Crippen molar-refractivity contribution in [1.29, 1.82) is 0 Å². The first-order valence-electron chi connectivity index (χ1n) is 8.25. The van der Waals surface area contributed by atoms with Gasteiger partial charge >= 0.3 is 0 Å². The van der Waals surface area contributed by atoms with Gasteiger partial charge in [0.1, 0.15) is 24.2 Å². The Bertz CT molecular complexity index is 849. The highest BCUT2D eigenvalue weighted by Crippen LogP contribution is 2.31. The van der Waals surface area contributed by atoms with Gasteiger partial charge in [-0.2, -0.15) is 0 Å². The number of benzene rings is 1. The molecular formula is C18H20Cl2N4O2. The quantitative estimate of drug-likeness (QED) is 0.849. The number of ether oxygens (including phenoxy) is 1. The third-order valence-corrected chi connectivity index (χ3v) is 4.86. The number of piperazine rings is 1. The van der Waals surface area contributed by atoms with E-state index in [0.717, 1.165) is 23.7 Å². The molecule has 1 N–H and O–H groups in total. The zero-order valence-corrected chi connectivity index (χ0v) is 15.9. The van der Waals surface area contributed by atoms with Crippen LogP contribution >= 0.6 is 24.0 Å². The number of fused-ring (bicyclic) bond motifs is 1. The van der Waals surface area contributed by atoms with Crippen molar-refractivity contribution < 1.29 is 9.53 Å². The molecule has 1 amide bonds. The molecule has 8 heteroatoms. The van der Waals surface area contributed by atoms with Crippen LogP contribution in [0.25, 0.3) is 6.08 Å². The van der Waals surface area contributed by atoms with Gasteiger partial charge in [0.15, 0.2) is 0 Å². The number of hydrogen-bond donors (Lipinski definition) is 1. The Balaban J connectivity index is 0.00000196. The van der Waals surface area contributed by atoms with Gasteiger partial charge in [-0.05, 0) is 24.3 Å². The summed E-state index contributed by atoms with van der Waals surface area (Å²) in [6.45, 7) is 2.36. The van der Waals surface area contributed by atoms with E-state index in [1.54, 1.807) is 12.3 Å². The molecule has 1 aromatic heterocycles. The number of halogens is 2. The molecule has 1 atom stereocenters. The van der Waals surface area contributed by atoms with Gasteiger partial charge in [0.05, 0.1) is 5.57 Å². The smallest absolute Gasteiger partial charge is 0.253 e. The molecule has 4 rings (SSSR count). The SMILES string of the molecule is Cl.Cn1ccnc1C1CNCCN1C(=O)C1=Cc2cc(Cl)ccc2OC1. The van der Waals surface area contributed by atoms with Gasteiger partial charge in [-0.3, -0.25) is 4.79 Å². The van der Waals surface area contributed by atoms with Gasteiger partial charge in [-0.25, -0.2) is 4.98 Å². The van der Waals surface area contributed by atoms with Gasteiger partial charge in [-0.1, -0.05) is 11.6 Å². The Hall–Kier alpha value is -2.02. The van der Waals surface area contributed by atoms with Crippen LogP contribution in [0.5, 0.6) is 5.75 Å². The molecule has 0 radical (unpaired) electrons. The third kappa shape index (κ3) is 3.45. The molecule has 6 nitrogen and oxygen atoms in total. The van der Waals surface area contributed by atoms with E-state index in [1.807, 2.05) is 40.9 Å². The van der Waals surface area contributed by atoms with Crippen LogP contribution < -0.4 is 10.1 Å². The van der Waals surface area contributed by atoms with E-state index in [2.05, 4.69) is 10.3 Å². The van der Waals surface area contributed by atoms with Crippen molar-refractivity contribution in [2.45, 2.75) is 6.04 Å². The Labute approximate surface area is 163 Å². The van der Waals surface area contributed by atoms with Gasteiger partial charge in [-0.15, -0.1) is 12.4 Å². The fourth-order valence-electron chi connectivity index (χ4n) is 3.33. The molecule has 138 valence electrons. The molecule has 1 unspecified atom stereocenters. The van der Waals surface area contributed by atoms with Crippen molar-refractivity contribution >= 4 is 36.0 Å². The zero-order chi connectivity index (χ0) is 17.4. The summed E-state index contributed by atoms with van der Waals surface area (Å²) < 4.78 is 7.70. The number of carbonyl (C=O) groups is 1. The van der Waals surface area contributed by atoms with E-state index in [-0.39, 0.29) is 31.0 Å². The summed E-state index contributed by atoms with van der Waals surface area (Å²) in [5, 5.41) is 3.97. The van der Waals surface area contributed by atoms with Crippen LogP contribution in [-0.4, -0.2) is 46.6 Å². The Morgan fingerprint density at radius 2 is 2.27 bits per heavy atom. The molecule has 0 bridgehead atoms. The summed E-state index contributed by atoms with van der Waals surface area (Å²) >= 11 is 6.06. The van der Waals surface area contributed by atoms with E-state index in [4.69, 9.17) is 16.3 Å². The third-order valence-electron chi connectivity index (χ3n) is 4.62. The average molecular weight is 395 g/mol. The lowest BCUT2D eigenvalue weighted by atomic mass is 10.0. The lowest BCUT2D eigenvalue weighted by Crippen LogP contribution is -2.50. The largest absolute Gasteiger partial charge is 0.488 e. The molecule has 0 spiro atoms. The molecule has 26 heavy (non-hydrogen) atoms. The fraction of sp³-hybridized carbons (Fsp3) is 0.333. The first-order chi connectivity index (χ1) is 12.1. The number of imidazole rings is 1. The summed E-state index contributed by atoms with van der Waals surface area (Å²) in [5.41, 5.74) is 1.47. The van der Waals surface area contributed by atoms with Crippen molar-refractivity contribution in [1.82, 2.24) is 19.8 Å². The molecule has 1 aromatic carbocycles. The molecule has 1 saturated heterocycles. The molecule has 0 saturated carbocycles. The van der Waals surface area contributed by atoms with E-state index >= 15 is 0 Å². The highest BCUT2D eigenvalue weighted by Gasteiger charge is 2.32. The Morgan fingerprint density at radius 1 is 1.42 bits per heavy atom. The maximum absolute atomic E-state index is 13.1. The van der Waals surface area contributed by atoms with Crippen LogP contribution in [0, 0.1) is 0 Å². The minimum Gasteiger partial charge on any atom is -0.488 e. The second-order valence-electron chi connectivity index (χ2n) is 6.26. The second kappa shape index (κ2) is 7.70. The normalized spacial score (nSPS) is 19.1. The van der Waals surface area contributed by atoms with Crippen LogP contribution in [0.3, 0.4) is 0 Å². The number of hydrogen-bond acceptors (Lipinski definition) is 4. The van der Waals surface area contributed by atoms with Crippen LogP contribution in [0.4, 0.5) is 0 Å². The minimum atomic E-state index is -0.0945. The van der Waals surface area contributed by atoms with E-state index in [0.29, 0.717) is 23.7 Å². The predicted octanol–water partition coefficient (Wildman–Crippen LogP) is 2.44. The maximum atomic E-state index is 13.1. The fourth-order valence-corrected chi connectivity index (χ4v) is 3.51. The molecule has 2 aliphatic heterocycles. The van der Waals surface area contributed by atoms with E-state index < -0.39 is 0 Å². The zero-order valence-electron chi connectivity index (χ0n) is 14.3. The van der Waals surface area contributed by atoms with E-state index in [1.165, 1.54) is 0 Å². The summed E-state index contributed by atoms with van der Waals surface area (Å²) in [6, 6.07) is 5.34. The van der Waals surface area contributed by atoms with Crippen molar-refractivity contribution in [3.8, 4) is 5.75 Å². The number of amides is 1. The van der Waals surface area contributed by atoms with Crippen LogP contribution in [0.2, 0.25) is 5.02 Å². The number of carbonyl (C=O) groups excluding carboxylic acids is 1. The average Bonchev–Trinajstić information content (AvgIpc) is 3.06. The highest BCUT2D eigenvalue weighted by atomic mass is 35.5. The Morgan fingerprint density at radius 3 is 3.04 bits per heavy atom. The topological polar surface area (TPSA) is 59.4 Å². The minimum absolute atomic E-state index is 0. The van der Waals surface area contributed by atoms with Gasteiger partial charge in [0.25, 0.3) is 5.91 Å². The number of aryl methyl sites for hydroxylation is 1. The van der Waals surface area contributed by atoms with Gasteiger partial charge in [0, 0.05) is 49.7 Å². The Kier molecular flexibility index (Phi) is 5.55. The number of nitrogens with zero attached hydrogens (tertiary/aromatic N) is 3. The maximum Gasteiger partial charge on any atom is 0.253 e. The summed E-state index contributed by atoms with van der Waals surface area (Å²) in [7, 11) is 1.95. The molecular weight excluding hydrogens is 375 g/mol. The standard InChI is InChI=1S/C18H19ClN4O2.ClH/c1-22-6-5-21-17(22)15-10-20-4-7-23(15)18(24)13-8-12-9-14(19)2-3-16(12)25-11-13;/h2-3,5-6,8-9,15,20H,4,7,10-11H2,1H3;1H. The van der Waals surface area contributed by atoms with Gasteiger partial charge in [0.2, 0.25) is 0 Å². The summed E-state index contributed by atoms with van der Waals surface area (Å²) in [5.74, 6) is 1.61. The first-order valence-corrected chi connectivity index (χ1v) is 8.63. The molecule has 1 fully saturated rings.